The van der Waals surface area contributed by atoms with Crippen LogP contribution >= 0.6 is 0 Å². The molecule has 0 aliphatic carbocycles. The Morgan fingerprint density at radius 1 is 1.00 bits per heavy atom. The van der Waals surface area contributed by atoms with Crippen LogP contribution in [-0.4, -0.2) is 19.3 Å². The molecule has 0 aliphatic heterocycles. The second kappa shape index (κ2) is 7.65. The summed E-state index contributed by atoms with van der Waals surface area (Å²) in [6.45, 7) is 10.2. The summed E-state index contributed by atoms with van der Waals surface area (Å²) in [7, 11) is 0. The van der Waals surface area contributed by atoms with Crippen LogP contribution in [-0.2, 0) is 12.0 Å². The maximum Gasteiger partial charge on any atom is 0.332 e. The summed E-state index contributed by atoms with van der Waals surface area (Å²) in [5.41, 5.74) is 1.97. The van der Waals surface area contributed by atoms with E-state index in [-0.39, 0.29) is 23.6 Å². The van der Waals surface area contributed by atoms with E-state index in [0.29, 0.717) is 22.6 Å². The van der Waals surface area contributed by atoms with Gasteiger partial charge in [-0.3, -0.25) is 13.9 Å². The molecule has 2 aromatic heterocycles. The second-order valence-electron chi connectivity index (χ2n) is 8.99. The van der Waals surface area contributed by atoms with Crippen molar-refractivity contribution in [1.82, 2.24) is 19.3 Å². The molecule has 0 amide bonds. The Hall–Kier alpha value is -3.48. The lowest BCUT2D eigenvalue weighted by molar-refractivity contribution is 0.368. The maximum absolute atomic E-state index is 13.1. The number of para-hydroxylation sites is 1. The van der Waals surface area contributed by atoms with Crippen LogP contribution in [0.1, 0.15) is 52.1 Å². The van der Waals surface area contributed by atoms with Gasteiger partial charge in [-0.15, -0.1) is 0 Å². The SMILES string of the molecule is CC(C)n1c(=O)c2ccccc2n(Cc2nc(-c3ccc(C(C)(C)C)cc3)no2)c1=O. The average molecular weight is 418 g/mol. The first-order valence-corrected chi connectivity index (χ1v) is 10.3. The van der Waals surface area contributed by atoms with E-state index < -0.39 is 5.69 Å². The van der Waals surface area contributed by atoms with Crippen LogP contribution in [0.3, 0.4) is 0 Å². The number of hydrogen-bond acceptors (Lipinski definition) is 5. The molecule has 0 spiro atoms. The third-order valence-corrected chi connectivity index (χ3v) is 5.37. The molecule has 4 aromatic rings. The van der Waals surface area contributed by atoms with Crippen LogP contribution in [0.15, 0.2) is 62.6 Å². The molecule has 2 heterocycles. The Kier molecular flexibility index (Phi) is 5.13. The van der Waals surface area contributed by atoms with Gasteiger partial charge in [-0.05, 0) is 37.0 Å². The Balaban J connectivity index is 1.74. The van der Waals surface area contributed by atoms with Gasteiger partial charge in [-0.1, -0.05) is 62.3 Å². The van der Waals surface area contributed by atoms with Crippen molar-refractivity contribution in [2.24, 2.45) is 0 Å². The van der Waals surface area contributed by atoms with Crippen LogP contribution in [0.5, 0.6) is 0 Å². The van der Waals surface area contributed by atoms with Gasteiger partial charge in [-0.2, -0.15) is 4.98 Å². The molecule has 31 heavy (non-hydrogen) atoms. The first-order valence-electron chi connectivity index (χ1n) is 10.3. The highest BCUT2D eigenvalue weighted by molar-refractivity contribution is 5.77. The topological polar surface area (TPSA) is 82.9 Å². The van der Waals surface area contributed by atoms with E-state index in [0.717, 1.165) is 5.56 Å². The smallest absolute Gasteiger partial charge is 0.332 e. The zero-order valence-electron chi connectivity index (χ0n) is 18.4. The first kappa shape index (κ1) is 20.8. The van der Waals surface area contributed by atoms with E-state index in [2.05, 4.69) is 43.0 Å². The zero-order chi connectivity index (χ0) is 22.3. The van der Waals surface area contributed by atoms with E-state index in [1.165, 1.54) is 14.7 Å². The average Bonchev–Trinajstić information content (AvgIpc) is 3.19. The van der Waals surface area contributed by atoms with Crippen molar-refractivity contribution in [1.29, 1.82) is 0 Å². The number of rotatable bonds is 4. The van der Waals surface area contributed by atoms with Gasteiger partial charge in [0.2, 0.25) is 11.7 Å². The second-order valence-corrected chi connectivity index (χ2v) is 8.99. The van der Waals surface area contributed by atoms with Gasteiger partial charge in [0.1, 0.15) is 6.54 Å². The maximum atomic E-state index is 13.1. The van der Waals surface area contributed by atoms with Crippen LogP contribution in [0.2, 0.25) is 0 Å². The number of fused-ring (bicyclic) bond motifs is 1. The van der Waals surface area contributed by atoms with E-state index in [1.54, 1.807) is 24.3 Å². The Labute approximate surface area is 180 Å². The molecular formula is C24H26N4O3. The summed E-state index contributed by atoms with van der Waals surface area (Å²) in [4.78, 5) is 30.4. The molecule has 160 valence electrons. The molecule has 0 saturated carbocycles. The number of nitrogens with zero attached hydrogens (tertiary/aromatic N) is 4. The fourth-order valence-electron chi connectivity index (χ4n) is 3.64. The van der Waals surface area contributed by atoms with Crippen LogP contribution in [0.4, 0.5) is 0 Å². The lowest BCUT2D eigenvalue weighted by atomic mass is 9.87. The minimum atomic E-state index is -0.395. The number of benzene rings is 2. The van der Waals surface area contributed by atoms with Crippen LogP contribution in [0, 0.1) is 0 Å². The molecule has 0 radical (unpaired) electrons. The normalized spacial score (nSPS) is 12.1. The minimum Gasteiger partial charge on any atom is -0.337 e. The summed E-state index contributed by atoms with van der Waals surface area (Å²) in [5, 5.41) is 4.57. The minimum absolute atomic E-state index is 0.0582. The Morgan fingerprint density at radius 2 is 1.68 bits per heavy atom. The molecular weight excluding hydrogens is 392 g/mol. The van der Waals surface area contributed by atoms with E-state index in [4.69, 9.17) is 4.52 Å². The third kappa shape index (κ3) is 3.83. The van der Waals surface area contributed by atoms with Crippen molar-refractivity contribution in [3.8, 4) is 11.4 Å². The molecule has 4 rings (SSSR count). The largest absolute Gasteiger partial charge is 0.337 e. The van der Waals surface area contributed by atoms with Crippen molar-refractivity contribution < 1.29 is 4.52 Å². The quantitative estimate of drug-likeness (QED) is 0.497. The fourth-order valence-corrected chi connectivity index (χ4v) is 3.64. The molecule has 0 unspecified atom stereocenters. The highest BCUT2D eigenvalue weighted by atomic mass is 16.5. The molecule has 0 saturated heterocycles. The molecule has 0 N–H and O–H groups in total. The fraction of sp³-hybridized carbons (Fsp3) is 0.333. The van der Waals surface area contributed by atoms with Gasteiger partial charge in [0.05, 0.1) is 10.9 Å². The first-order chi connectivity index (χ1) is 14.7. The predicted molar refractivity (Wildman–Crippen MR) is 120 cm³/mol. The van der Waals surface area contributed by atoms with Gasteiger partial charge in [0, 0.05) is 11.6 Å². The summed E-state index contributed by atoms with van der Waals surface area (Å²) < 4.78 is 8.21. The van der Waals surface area contributed by atoms with Crippen molar-refractivity contribution in [3.05, 3.63) is 80.8 Å². The van der Waals surface area contributed by atoms with Crippen LogP contribution in [0.25, 0.3) is 22.3 Å². The molecule has 0 bridgehead atoms. The monoisotopic (exact) mass is 418 g/mol. The third-order valence-electron chi connectivity index (χ3n) is 5.37. The van der Waals surface area contributed by atoms with Crippen molar-refractivity contribution in [2.45, 2.75) is 52.6 Å². The van der Waals surface area contributed by atoms with Crippen LogP contribution < -0.4 is 11.2 Å². The lowest BCUT2D eigenvalue weighted by Gasteiger charge is -2.18. The summed E-state index contributed by atoms with van der Waals surface area (Å²) in [6, 6.07) is 14.8. The molecule has 7 heteroatoms. The molecule has 2 aromatic carbocycles. The van der Waals surface area contributed by atoms with Gasteiger partial charge < -0.3 is 4.52 Å². The molecule has 7 nitrogen and oxygen atoms in total. The number of hydrogen-bond donors (Lipinski definition) is 0. The van der Waals surface area contributed by atoms with E-state index in [1.807, 2.05) is 26.0 Å². The Morgan fingerprint density at radius 3 is 2.32 bits per heavy atom. The van der Waals surface area contributed by atoms with Gasteiger partial charge in [-0.25, -0.2) is 4.79 Å². The predicted octanol–water partition coefficient (Wildman–Crippen LogP) is 4.14. The van der Waals surface area contributed by atoms with Gasteiger partial charge in [0.25, 0.3) is 5.56 Å². The summed E-state index contributed by atoms with van der Waals surface area (Å²) in [6.07, 6.45) is 0. The van der Waals surface area contributed by atoms with Gasteiger partial charge in [0.15, 0.2) is 0 Å². The van der Waals surface area contributed by atoms with Crippen molar-refractivity contribution in [3.63, 3.8) is 0 Å². The summed E-state index contributed by atoms with van der Waals surface area (Å²) in [5.74, 6) is 0.765. The Bertz CT molecular complexity index is 1350. The lowest BCUT2D eigenvalue weighted by Crippen LogP contribution is -2.41. The van der Waals surface area contributed by atoms with Crippen molar-refractivity contribution >= 4 is 10.9 Å². The van der Waals surface area contributed by atoms with Gasteiger partial charge >= 0.3 is 5.69 Å². The standard InChI is InChI=1S/C24H26N4O3/c1-15(2)28-22(29)18-8-6-7-9-19(18)27(23(28)30)14-20-25-21(26-31-20)16-10-12-17(13-11-16)24(3,4)5/h6-13,15H,14H2,1-5H3. The molecule has 0 atom stereocenters. The molecule has 0 fully saturated rings. The van der Waals surface area contributed by atoms with E-state index in [9.17, 15) is 9.59 Å². The summed E-state index contributed by atoms with van der Waals surface area (Å²) >= 11 is 0. The zero-order valence-corrected chi connectivity index (χ0v) is 18.4. The highest BCUT2D eigenvalue weighted by Crippen LogP contribution is 2.25. The molecule has 0 aliphatic rings. The highest BCUT2D eigenvalue weighted by Gasteiger charge is 2.18. The van der Waals surface area contributed by atoms with E-state index >= 15 is 0 Å². The van der Waals surface area contributed by atoms with Crippen molar-refractivity contribution in [2.75, 3.05) is 0 Å². The number of aromatic nitrogens is 4.